The molecule has 0 atom stereocenters. The third-order valence-corrected chi connectivity index (χ3v) is 3.60. The molecule has 150 valence electrons. The number of ketones is 1. The first-order valence-electron chi connectivity index (χ1n) is 8.09. The monoisotopic (exact) mass is 404 g/mol. The number of Topliss-reactive ketones (excluding diaryl/α,β-unsaturated/α-hetero) is 1. The molecule has 0 spiro atoms. The van der Waals surface area contributed by atoms with Gasteiger partial charge in [0, 0.05) is 17.6 Å². The van der Waals surface area contributed by atoms with Gasteiger partial charge in [-0.2, -0.15) is 18.4 Å². The van der Waals surface area contributed by atoms with E-state index >= 15 is 0 Å². The zero-order valence-electron chi connectivity index (χ0n) is 15.1. The Hall–Kier alpha value is -3.87. The highest BCUT2D eigenvalue weighted by Gasteiger charge is 2.30. The molecule has 0 saturated heterocycles. The number of ether oxygens (including phenoxy) is 1. The molecule has 0 radical (unpaired) electrons. The number of nitriles is 1. The summed E-state index contributed by atoms with van der Waals surface area (Å²) in [6.45, 7) is 0.630. The van der Waals surface area contributed by atoms with Crippen LogP contribution in [0, 0.1) is 11.3 Å². The summed E-state index contributed by atoms with van der Waals surface area (Å²) < 4.78 is 43.5. The number of pyridine rings is 1. The number of halogens is 3. The van der Waals surface area contributed by atoms with Crippen LogP contribution in [0.1, 0.15) is 22.8 Å². The molecule has 10 heteroatoms. The second-order valence-electron chi connectivity index (χ2n) is 5.77. The highest BCUT2D eigenvalue weighted by molar-refractivity contribution is 6.03. The fourth-order valence-corrected chi connectivity index (χ4v) is 2.23. The average molecular weight is 404 g/mol. The third kappa shape index (κ3) is 5.55. The maximum absolute atomic E-state index is 12.9. The number of nitrogens with two attached hydrogens (primary N) is 1. The molecule has 0 aliphatic carbocycles. The lowest BCUT2D eigenvalue weighted by molar-refractivity contribution is -0.137. The highest BCUT2D eigenvalue weighted by atomic mass is 19.4. The lowest BCUT2D eigenvalue weighted by atomic mass is 10.1. The standard InChI is InChI=1S/C19H15F3N4O3/c1-11(24)15(9-23)16(27)10-29-18(28)14-6-3-7-25-17(14)26-13-5-2-4-12(8-13)19(20,21)22/h2-8H,10,24H2,1H3,(H,25,26). The van der Waals surface area contributed by atoms with Crippen molar-refractivity contribution in [2.45, 2.75) is 13.1 Å². The number of carbonyl (C=O) groups is 2. The number of nitrogens with one attached hydrogen (secondary N) is 1. The van der Waals surface area contributed by atoms with E-state index in [4.69, 9.17) is 15.7 Å². The van der Waals surface area contributed by atoms with Crippen molar-refractivity contribution in [3.05, 3.63) is 65.0 Å². The zero-order chi connectivity index (χ0) is 21.6. The zero-order valence-corrected chi connectivity index (χ0v) is 15.1. The lowest BCUT2D eigenvalue weighted by Gasteiger charge is -2.12. The molecule has 0 amide bonds. The summed E-state index contributed by atoms with van der Waals surface area (Å²) in [6.07, 6.45) is -3.21. The Balaban J connectivity index is 2.19. The van der Waals surface area contributed by atoms with Crippen LogP contribution in [0.4, 0.5) is 24.7 Å². The molecule has 0 fully saturated rings. The minimum atomic E-state index is -4.53. The first-order valence-corrected chi connectivity index (χ1v) is 8.09. The number of rotatable bonds is 6. The largest absolute Gasteiger partial charge is 0.454 e. The predicted molar refractivity (Wildman–Crippen MR) is 96.8 cm³/mol. The molecule has 2 aromatic rings. The van der Waals surface area contributed by atoms with Gasteiger partial charge in [-0.3, -0.25) is 4.79 Å². The Morgan fingerprint density at radius 2 is 2.00 bits per heavy atom. The molecule has 0 aliphatic heterocycles. The quantitative estimate of drug-likeness (QED) is 0.431. The van der Waals surface area contributed by atoms with Gasteiger partial charge in [0.25, 0.3) is 0 Å². The summed E-state index contributed by atoms with van der Waals surface area (Å²) in [5.74, 6) is -1.79. The first-order chi connectivity index (χ1) is 13.6. The van der Waals surface area contributed by atoms with Crippen LogP contribution in [0.5, 0.6) is 0 Å². The van der Waals surface area contributed by atoms with Gasteiger partial charge in [0.05, 0.1) is 5.56 Å². The van der Waals surface area contributed by atoms with Crippen molar-refractivity contribution in [3.63, 3.8) is 0 Å². The molecular formula is C19H15F3N4O3. The van der Waals surface area contributed by atoms with Gasteiger partial charge in [-0.25, -0.2) is 9.78 Å². The van der Waals surface area contributed by atoms with Gasteiger partial charge >= 0.3 is 12.1 Å². The summed E-state index contributed by atoms with van der Waals surface area (Å²) in [5.41, 5.74) is 4.15. The van der Waals surface area contributed by atoms with E-state index in [0.717, 1.165) is 12.1 Å². The van der Waals surface area contributed by atoms with Crippen molar-refractivity contribution in [1.82, 2.24) is 4.98 Å². The third-order valence-electron chi connectivity index (χ3n) is 3.60. The molecule has 0 unspecified atom stereocenters. The molecule has 7 nitrogen and oxygen atoms in total. The maximum Gasteiger partial charge on any atom is 0.416 e. The van der Waals surface area contributed by atoms with Crippen LogP contribution in [0.3, 0.4) is 0 Å². The number of esters is 1. The summed E-state index contributed by atoms with van der Waals surface area (Å²) in [5, 5.41) is 11.5. The number of aromatic nitrogens is 1. The van der Waals surface area contributed by atoms with E-state index in [0.29, 0.717) is 0 Å². The predicted octanol–water partition coefficient (Wildman–Crippen LogP) is 3.33. The number of hydrogen-bond acceptors (Lipinski definition) is 7. The molecule has 1 heterocycles. The second kappa shape index (κ2) is 8.88. The van der Waals surface area contributed by atoms with E-state index in [1.165, 1.54) is 37.4 Å². The summed E-state index contributed by atoms with van der Waals surface area (Å²) in [6, 6.07) is 8.71. The van der Waals surface area contributed by atoms with Crippen LogP contribution < -0.4 is 11.1 Å². The maximum atomic E-state index is 12.9. The molecule has 0 saturated carbocycles. The molecule has 0 aliphatic rings. The summed E-state index contributed by atoms with van der Waals surface area (Å²) in [4.78, 5) is 28.1. The molecule has 1 aromatic carbocycles. The van der Waals surface area contributed by atoms with Crippen molar-refractivity contribution in [2.75, 3.05) is 11.9 Å². The van der Waals surface area contributed by atoms with Crippen LogP contribution in [0.25, 0.3) is 0 Å². The van der Waals surface area contributed by atoms with Crippen LogP contribution in [-0.4, -0.2) is 23.3 Å². The SMILES string of the molecule is CC(N)=C(C#N)C(=O)COC(=O)c1cccnc1Nc1cccc(C(F)(F)F)c1. The number of alkyl halides is 3. The molecule has 0 bridgehead atoms. The summed E-state index contributed by atoms with van der Waals surface area (Å²) >= 11 is 0. The van der Waals surface area contributed by atoms with Gasteiger partial charge in [-0.15, -0.1) is 0 Å². The number of allylic oxidation sites excluding steroid dienone is 1. The van der Waals surface area contributed by atoms with E-state index in [9.17, 15) is 22.8 Å². The number of hydrogen-bond donors (Lipinski definition) is 2. The second-order valence-corrected chi connectivity index (χ2v) is 5.77. The van der Waals surface area contributed by atoms with Crippen LogP contribution in [0.2, 0.25) is 0 Å². The van der Waals surface area contributed by atoms with Crippen molar-refractivity contribution in [1.29, 1.82) is 5.26 Å². The normalized spacial score (nSPS) is 11.8. The van der Waals surface area contributed by atoms with Gasteiger partial charge in [-0.1, -0.05) is 6.07 Å². The van der Waals surface area contributed by atoms with E-state index in [1.807, 2.05) is 0 Å². The number of anilines is 2. The molecule has 1 aromatic heterocycles. The van der Waals surface area contributed by atoms with Gasteiger partial charge in [0.2, 0.25) is 5.78 Å². The number of nitrogens with zero attached hydrogens (tertiary/aromatic N) is 2. The Morgan fingerprint density at radius 3 is 2.62 bits per heavy atom. The molecule has 3 N–H and O–H groups in total. The van der Waals surface area contributed by atoms with E-state index in [1.54, 1.807) is 6.07 Å². The van der Waals surface area contributed by atoms with Gasteiger partial charge in [0.1, 0.15) is 23.0 Å². The first kappa shape index (κ1) is 21.4. The van der Waals surface area contributed by atoms with Crippen molar-refractivity contribution < 1.29 is 27.5 Å². The minimum absolute atomic E-state index is 0.0122. The van der Waals surface area contributed by atoms with Gasteiger partial charge in [0.15, 0.2) is 6.61 Å². The molecule has 29 heavy (non-hydrogen) atoms. The van der Waals surface area contributed by atoms with E-state index < -0.39 is 30.1 Å². The van der Waals surface area contributed by atoms with Crippen molar-refractivity contribution >= 4 is 23.3 Å². The van der Waals surface area contributed by atoms with E-state index in [-0.39, 0.29) is 28.3 Å². The number of benzene rings is 1. The van der Waals surface area contributed by atoms with Crippen molar-refractivity contribution in [3.8, 4) is 6.07 Å². The molecule has 2 rings (SSSR count). The van der Waals surface area contributed by atoms with Crippen LogP contribution >= 0.6 is 0 Å². The average Bonchev–Trinajstić information content (AvgIpc) is 2.66. The highest BCUT2D eigenvalue weighted by Crippen LogP contribution is 2.31. The Kier molecular flexibility index (Phi) is 6.56. The van der Waals surface area contributed by atoms with E-state index in [2.05, 4.69) is 10.3 Å². The fourth-order valence-electron chi connectivity index (χ4n) is 2.23. The Labute approximate surface area is 163 Å². The summed E-state index contributed by atoms with van der Waals surface area (Å²) in [7, 11) is 0. The van der Waals surface area contributed by atoms with Gasteiger partial charge in [-0.05, 0) is 37.3 Å². The Morgan fingerprint density at radius 1 is 1.28 bits per heavy atom. The topological polar surface area (TPSA) is 118 Å². The fraction of sp³-hybridized carbons (Fsp3) is 0.158. The number of carbonyl (C=O) groups excluding carboxylic acids is 2. The molecular weight excluding hydrogens is 389 g/mol. The van der Waals surface area contributed by atoms with Crippen molar-refractivity contribution in [2.24, 2.45) is 5.73 Å². The van der Waals surface area contributed by atoms with Crippen LogP contribution in [0.15, 0.2) is 53.9 Å². The Bertz CT molecular complexity index is 1010. The minimum Gasteiger partial charge on any atom is -0.454 e. The lowest BCUT2D eigenvalue weighted by Crippen LogP contribution is -2.18. The van der Waals surface area contributed by atoms with Crippen LogP contribution in [-0.2, 0) is 15.7 Å². The van der Waals surface area contributed by atoms with Gasteiger partial charge < -0.3 is 15.8 Å². The smallest absolute Gasteiger partial charge is 0.416 e.